The number of phosphoric acid groups is 2. The molecule has 0 aliphatic rings. The summed E-state index contributed by atoms with van der Waals surface area (Å²) in [5, 5.41) is 10.6. The molecular formula is C74H140O17P2. The van der Waals surface area contributed by atoms with E-state index in [0.717, 1.165) is 127 Å². The highest BCUT2D eigenvalue weighted by Crippen LogP contribution is 2.45. The lowest BCUT2D eigenvalue weighted by molar-refractivity contribution is -0.161. The van der Waals surface area contributed by atoms with Gasteiger partial charge in [-0.05, 0) is 69.1 Å². The summed E-state index contributed by atoms with van der Waals surface area (Å²) in [6.45, 7) is 11.8. The Morgan fingerprint density at radius 1 is 0.355 bits per heavy atom. The van der Waals surface area contributed by atoms with E-state index in [4.69, 9.17) is 37.0 Å². The van der Waals surface area contributed by atoms with E-state index in [1.807, 2.05) is 0 Å². The second kappa shape index (κ2) is 64.2. The van der Waals surface area contributed by atoms with E-state index in [-0.39, 0.29) is 25.7 Å². The fourth-order valence-electron chi connectivity index (χ4n) is 10.6. The second-order valence-corrected chi connectivity index (χ2v) is 29.9. The third kappa shape index (κ3) is 65.3. The number of carbonyl (C=O) groups excluding carboxylic acids is 4. The molecule has 0 amide bonds. The molecule has 17 nitrogen and oxygen atoms in total. The van der Waals surface area contributed by atoms with Crippen LogP contribution in [0.15, 0.2) is 24.3 Å². The Morgan fingerprint density at radius 3 is 0.957 bits per heavy atom. The standard InChI is InChI=1S/C74H140O17P2/c1-8-11-12-13-14-15-16-17-18-22-25-28-33-43-50-57-73(78)90-69(61-84-71(76)55-48-41-35-30-31-38-45-52-65(4)5)63-88-92(80,81)86-59-68(75)60-87-93(82,83)89-64-70(62-85-72(77)56-49-42-37-36-40-47-54-67(7)10-3)91-74(79)58-51-44-34-29-26-23-20-19-21-24-27-32-39-46-53-66(6)9-2/h15-18,65-70,75H,8-14,19-64H2,1-7H3,(H,80,81)(H,82,83)/b16-15-,18-17-/t66?,67?,68-,69-,70-/m1/s1. The van der Waals surface area contributed by atoms with Gasteiger partial charge in [0.05, 0.1) is 26.4 Å². The first-order valence-electron chi connectivity index (χ1n) is 37.7. The predicted molar refractivity (Wildman–Crippen MR) is 377 cm³/mol. The molecule has 0 aliphatic carbocycles. The summed E-state index contributed by atoms with van der Waals surface area (Å²) in [5.41, 5.74) is 0. The summed E-state index contributed by atoms with van der Waals surface area (Å²) in [4.78, 5) is 72.6. The lowest BCUT2D eigenvalue weighted by Gasteiger charge is -2.21. The van der Waals surface area contributed by atoms with Crippen LogP contribution in [0.3, 0.4) is 0 Å². The minimum atomic E-state index is -4.96. The number of aliphatic hydroxyl groups is 1. The Labute approximate surface area is 567 Å². The van der Waals surface area contributed by atoms with Gasteiger partial charge in [0, 0.05) is 25.7 Å². The molecule has 0 spiro atoms. The molecule has 0 aromatic heterocycles. The first kappa shape index (κ1) is 90.5. The van der Waals surface area contributed by atoms with Gasteiger partial charge in [-0.25, -0.2) is 9.13 Å². The molecule has 0 bridgehead atoms. The molecule has 93 heavy (non-hydrogen) atoms. The van der Waals surface area contributed by atoms with E-state index in [9.17, 15) is 43.2 Å². The van der Waals surface area contributed by atoms with Gasteiger partial charge in [0.25, 0.3) is 0 Å². The number of hydrogen-bond acceptors (Lipinski definition) is 15. The van der Waals surface area contributed by atoms with Gasteiger partial charge >= 0.3 is 39.5 Å². The molecule has 0 aliphatic heterocycles. The molecule has 0 aromatic rings. The van der Waals surface area contributed by atoms with E-state index in [2.05, 4.69) is 72.8 Å². The fraction of sp³-hybridized carbons (Fsp3) is 0.892. The molecule has 0 radical (unpaired) electrons. The van der Waals surface area contributed by atoms with Gasteiger partial charge in [-0.3, -0.25) is 37.3 Å². The summed E-state index contributed by atoms with van der Waals surface area (Å²) in [7, 11) is -9.92. The largest absolute Gasteiger partial charge is 0.472 e. The Kier molecular flexibility index (Phi) is 62.5. The molecule has 0 rings (SSSR count). The number of aliphatic hydroxyl groups excluding tert-OH is 1. The lowest BCUT2D eigenvalue weighted by Crippen LogP contribution is -2.30. The molecule has 19 heteroatoms. The average molecular weight is 1360 g/mol. The quantitative estimate of drug-likeness (QED) is 0.0169. The highest BCUT2D eigenvalue weighted by atomic mass is 31.2. The molecule has 3 N–H and O–H groups in total. The Balaban J connectivity index is 5.26. The number of hydrogen-bond donors (Lipinski definition) is 3. The first-order chi connectivity index (χ1) is 44.8. The van der Waals surface area contributed by atoms with Gasteiger partial charge in [0.15, 0.2) is 12.2 Å². The van der Waals surface area contributed by atoms with Crippen LogP contribution in [-0.2, 0) is 65.4 Å². The monoisotopic (exact) mass is 1360 g/mol. The van der Waals surface area contributed by atoms with Crippen molar-refractivity contribution in [3.05, 3.63) is 24.3 Å². The maximum absolute atomic E-state index is 13.0. The van der Waals surface area contributed by atoms with E-state index in [0.29, 0.717) is 31.6 Å². The zero-order valence-corrected chi connectivity index (χ0v) is 62.0. The van der Waals surface area contributed by atoms with Crippen LogP contribution in [0.25, 0.3) is 0 Å². The molecule has 0 saturated heterocycles. The molecule has 7 atom stereocenters. The fourth-order valence-corrected chi connectivity index (χ4v) is 12.2. The van der Waals surface area contributed by atoms with E-state index in [1.54, 1.807) is 0 Å². The summed E-state index contributed by atoms with van der Waals surface area (Å²) in [6, 6.07) is 0. The van der Waals surface area contributed by atoms with Crippen LogP contribution in [0.5, 0.6) is 0 Å². The van der Waals surface area contributed by atoms with Crippen molar-refractivity contribution >= 4 is 39.5 Å². The van der Waals surface area contributed by atoms with Crippen LogP contribution < -0.4 is 0 Å². The summed E-state index contributed by atoms with van der Waals surface area (Å²) >= 11 is 0. The summed E-state index contributed by atoms with van der Waals surface area (Å²) in [5.74, 6) is 0.121. The van der Waals surface area contributed by atoms with Crippen molar-refractivity contribution < 1.29 is 80.2 Å². The van der Waals surface area contributed by atoms with Crippen molar-refractivity contribution in [2.75, 3.05) is 39.6 Å². The van der Waals surface area contributed by atoms with Gasteiger partial charge in [0.2, 0.25) is 0 Å². The molecule has 0 fully saturated rings. The third-order valence-corrected chi connectivity index (χ3v) is 19.1. The number of phosphoric ester groups is 2. The SMILES string of the molecule is CCCCCC/C=C\C=C/CCCCCCCC(=O)O[C@H](COC(=O)CCCCCCCCCC(C)C)COP(=O)(O)OC[C@@H](O)COP(=O)(O)OC[C@@H](COC(=O)CCCCCCCCC(C)CC)OC(=O)CCCCCCCCCCCCCCCCC(C)CC. The van der Waals surface area contributed by atoms with Gasteiger partial charge in [-0.1, -0.05) is 297 Å². The number of rotatable bonds is 70. The van der Waals surface area contributed by atoms with Crippen LogP contribution in [-0.4, -0.2) is 96.7 Å². The highest BCUT2D eigenvalue weighted by Gasteiger charge is 2.30. The van der Waals surface area contributed by atoms with Crippen molar-refractivity contribution in [3.8, 4) is 0 Å². The molecule has 0 saturated carbocycles. The van der Waals surface area contributed by atoms with Crippen molar-refractivity contribution in [2.24, 2.45) is 17.8 Å². The van der Waals surface area contributed by atoms with Gasteiger partial charge in [0.1, 0.15) is 19.3 Å². The van der Waals surface area contributed by atoms with Crippen molar-refractivity contribution in [3.63, 3.8) is 0 Å². The normalized spacial score (nSPS) is 14.9. The maximum Gasteiger partial charge on any atom is 0.472 e. The number of esters is 4. The van der Waals surface area contributed by atoms with Crippen LogP contribution in [0.1, 0.15) is 350 Å². The van der Waals surface area contributed by atoms with Crippen molar-refractivity contribution in [1.82, 2.24) is 0 Å². The van der Waals surface area contributed by atoms with Crippen LogP contribution in [0, 0.1) is 17.8 Å². The van der Waals surface area contributed by atoms with Gasteiger partial charge < -0.3 is 33.8 Å². The van der Waals surface area contributed by atoms with Gasteiger partial charge in [-0.2, -0.15) is 0 Å². The number of ether oxygens (including phenoxy) is 4. The van der Waals surface area contributed by atoms with Crippen LogP contribution >= 0.6 is 15.6 Å². The Morgan fingerprint density at radius 2 is 0.634 bits per heavy atom. The minimum Gasteiger partial charge on any atom is -0.462 e. The average Bonchev–Trinajstić information content (AvgIpc) is 2.46. The Hall–Kier alpha value is -2.46. The van der Waals surface area contributed by atoms with E-state index >= 15 is 0 Å². The second-order valence-electron chi connectivity index (χ2n) is 27.0. The summed E-state index contributed by atoms with van der Waals surface area (Å²) < 4.78 is 68.4. The highest BCUT2D eigenvalue weighted by molar-refractivity contribution is 7.47. The van der Waals surface area contributed by atoms with Crippen molar-refractivity contribution in [2.45, 2.75) is 369 Å². The summed E-state index contributed by atoms with van der Waals surface area (Å²) in [6.07, 6.45) is 52.2. The van der Waals surface area contributed by atoms with Crippen LogP contribution in [0.4, 0.5) is 0 Å². The molecule has 0 aromatic carbocycles. The van der Waals surface area contributed by atoms with Crippen molar-refractivity contribution in [1.29, 1.82) is 0 Å². The topological polar surface area (TPSA) is 237 Å². The maximum atomic E-state index is 13.0. The van der Waals surface area contributed by atoms with E-state index < -0.39 is 97.5 Å². The molecule has 4 unspecified atom stereocenters. The number of carbonyl (C=O) groups is 4. The first-order valence-corrected chi connectivity index (χ1v) is 40.7. The molecule has 548 valence electrons. The zero-order valence-electron chi connectivity index (χ0n) is 60.2. The molecular weight excluding hydrogens is 1220 g/mol. The number of unbranched alkanes of at least 4 members (excludes halogenated alkanes) is 33. The lowest BCUT2D eigenvalue weighted by atomic mass is 9.99. The Bertz CT molecular complexity index is 1920. The smallest absolute Gasteiger partial charge is 0.462 e. The third-order valence-electron chi connectivity index (χ3n) is 17.2. The molecule has 0 heterocycles. The van der Waals surface area contributed by atoms with Crippen LogP contribution in [0.2, 0.25) is 0 Å². The zero-order chi connectivity index (χ0) is 68.7. The van der Waals surface area contributed by atoms with E-state index in [1.165, 1.54) is 135 Å². The van der Waals surface area contributed by atoms with Gasteiger partial charge in [-0.15, -0.1) is 0 Å². The number of allylic oxidation sites excluding steroid dienone is 4. The minimum absolute atomic E-state index is 0.0838. The predicted octanol–water partition coefficient (Wildman–Crippen LogP) is 21.0.